The highest BCUT2D eigenvalue weighted by atomic mass is 16.5. The van der Waals surface area contributed by atoms with Gasteiger partial charge in [0.1, 0.15) is 17.6 Å². The van der Waals surface area contributed by atoms with E-state index >= 15 is 0 Å². The van der Waals surface area contributed by atoms with Crippen molar-refractivity contribution in [3.8, 4) is 17.6 Å². The monoisotopic (exact) mass is 267 g/mol. The Balaban J connectivity index is 2.23. The fourth-order valence-corrected chi connectivity index (χ4v) is 1.90. The zero-order chi connectivity index (χ0) is 14.5. The second-order valence-corrected chi connectivity index (χ2v) is 4.93. The van der Waals surface area contributed by atoms with E-state index in [1.54, 1.807) is 18.2 Å². The molecule has 0 atom stereocenters. The number of ether oxygens (including phenoxy) is 1. The fraction of sp³-hybridized carbons (Fsp3) is 0.235. The van der Waals surface area contributed by atoms with Crippen LogP contribution >= 0.6 is 0 Å². The minimum atomic E-state index is -0.0853. The van der Waals surface area contributed by atoms with Crippen molar-refractivity contribution < 1.29 is 9.84 Å². The topological polar surface area (TPSA) is 53.2 Å². The molecule has 0 radical (unpaired) electrons. The first-order valence-corrected chi connectivity index (χ1v) is 6.55. The molecule has 20 heavy (non-hydrogen) atoms. The van der Waals surface area contributed by atoms with Crippen molar-refractivity contribution in [1.82, 2.24) is 0 Å². The molecule has 1 N–H and O–H groups in total. The van der Waals surface area contributed by atoms with Crippen LogP contribution in [0, 0.1) is 11.3 Å². The maximum absolute atomic E-state index is 9.12. The molecule has 2 rings (SSSR count). The molecule has 0 aromatic heterocycles. The molecular formula is C17H17NO2. The van der Waals surface area contributed by atoms with Crippen molar-refractivity contribution in [3.05, 3.63) is 59.2 Å². The molecule has 0 amide bonds. The molecule has 0 spiro atoms. The van der Waals surface area contributed by atoms with Gasteiger partial charge in [-0.1, -0.05) is 32.0 Å². The van der Waals surface area contributed by atoms with Gasteiger partial charge in [-0.3, -0.25) is 0 Å². The lowest BCUT2D eigenvalue weighted by atomic mass is 10.0. The summed E-state index contributed by atoms with van der Waals surface area (Å²) < 4.78 is 5.73. The normalized spacial score (nSPS) is 10.3. The Labute approximate surface area is 119 Å². The molecule has 3 heteroatoms. The standard InChI is InChI=1S/C17H17NO2/c1-12(2)14-4-6-16(7-5-14)20-17-8-3-13(11-19)9-15(17)10-18/h3-9,12,19H,11H2,1-2H3. The quantitative estimate of drug-likeness (QED) is 0.912. The first-order valence-electron chi connectivity index (χ1n) is 6.55. The second kappa shape index (κ2) is 6.23. The van der Waals surface area contributed by atoms with Crippen LogP contribution in [0.1, 0.15) is 36.5 Å². The molecule has 0 heterocycles. The number of aliphatic hydroxyl groups is 1. The first-order chi connectivity index (χ1) is 9.63. The first kappa shape index (κ1) is 14.1. The average molecular weight is 267 g/mol. The van der Waals surface area contributed by atoms with E-state index in [1.165, 1.54) is 5.56 Å². The minimum absolute atomic E-state index is 0.0853. The van der Waals surface area contributed by atoms with Gasteiger partial charge in [-0.15, -0.1) is 0 Å². The summed E-state index contributed by atoms with van der Waals surface area (Å²) >= 11 is 0. The van der Waals surface area contributed by atoms with Gasteiger partial charge in [0.25, 0.3) is 0 Å². The summed E-state index contributed by atoms with van der Waals surface area (Å²) in [6.45, 7) is 4.19. The van der Waals surface area contributed by atoms with Crippen LogP contribution in [0.3, 0.4) is 0 Å². The predicted octanol–water partition coefficient (Wildman–Crippen LogP) is 3.97. The van der Waals surface area contributed by atoms with Gasteiger partial charge < -0.3 is 9.84 Å². The van der Waals surface area contributed by atoms with Crippen molar-refractivity contribution in [3.63, 3.8) is 0 Å². The maximum atomic E-state index is 9.12. The maximum Gasteiger partial charge on any atom is 0.145 e. The molecule has 0 aliphatic carbocycles. The summed E-state index contributed by atoms with van der Waals surface area (Å²) in [7, 11) is 0. The molecule has 0 aliphatic rings. The van der Waals surface area contributed by atoms with Crippen molar-refractivity contribution in [2.45, 2.75) is 26.4 Å². The molecule has 0 unspecified atom stereocenters. The van der Waals surface area contributed by atoms with E-state index in [0.29, 0.717) is 28.5 Å². The third kappa shape index (κ3) is 3.17. The molecular weight excluding hydrogens is 250 g/mol. The van der Waals surface area contributed by atoms with Crippen molar-refractivity contribution in [2.75, 3.05) is 0 Å². The molecule has 0 aliphatic heterocycles. The van der Waals surface area contributed by atoms with Gasteiger partial charge in [0, 0.05) is 0 Å². The smallest absolute Gasteiger partial charge is 0.145 e. The number of benzene rings is 2. The number of hydrogen-bond donors (Lipinski definition) is 1. The molecule has 3 nitrogen and oxygen atoms in total. The van der Waals surface area contributed by atoms with Crippen LogP contribution in [0.15, 0.2) is 42.5 Å². The zero-order valence-corrected chi connectivity index (χ0v) is 11.6. The summed E-state index contributed by atoms with van der Waals surface area (Å²) in [4.78, 5) is 0. The second-order valence-electron chi connectivity index (χ2n) is 4.93. The van der Waals surface area contributed by atoms with Crippen LogP contribution in [0.5, 0.6) is 11.5 Å². The highest BCUT2D eigenvalue weighted by Gasteiger charge is 2.06. The SMILES string of the molecule is CC(C)c1ccc(Oc2ccc(CO)cc2C#N)cc1. The molecule has 0 saturated heterocycles. The summed E-state index contributed by atoms with van der Waals surface area (Å²) in [5, 5.41) is 18.2. The lowest BCUT2D eigenvalue weighted by molar-refractivity contribution is 0.281. The van der Waals surface area contributed by atoms with Crippen molar-refractivity contribution in [2.24, 2.45) is 0 Å². The molecule has 0 fully saturated rings. The Hall–Kier alpha value is -2.31. The zero-order valence-electron chi connectivity index (χ0n) is 11.6. The highest BCUT2D eigenvalue weighted by Crippen LogP contribution is 2.27. The Kier molecular flexibility index (Phi) is 4.39. The van der Waals surface area contributed by atoms with Crippen LogP contribution in [-0.2, 0) is 6.61 Å². The Morgan fingerprint density at radius 1 is 1.15 bits per heavy atom. The van der Waals surface area contributed by atoms with Gasteiger partial charge in [-0.25, -0.2) is 0 Å². The molecule has 0 saturated carbocycles. The van der Waals surface area contributed by atoms with Gasteiger partial charge >= 0.3 is 0 Å². The molecule has 0 bridgehead atoms. The van der Waals surface area contributed by atoms with E-state index in [1.807, 2.05) is 24.3 Å². The molecule has 2 aromatic rings. The minimum Gasteiger partial charge on any atom is -0.456 e. The van der Waals surface area contributed by atoms with Crippen molar-refractivity contribution >= 4 is 0 Å². The van der Waals surface area contributed by atoms with Gasteiger partial charge in [-0.2, -0.15) is 5.26 Å². The summed E-state index contributed by atoms with van der Waals surface area (Å²) in [6.07, 6.45) is 0. The fourth-order valence-electron chi connectivity index (χ4n) is 1.90. The number of nitriles is 1. The van der Waals surface area contributed by atoms with E-state index in [0.717, 1.165) is 0 Å². The summed E-state index contributed by atoms with van der Waals surface area (Å²) in [5.74, 6) is 1.67. The van der Waals surface area contributed by atoms with E-state index in [9.17, 15) is 0 Å². The number of aliphatic hydroxyl groups excluding tert-OH is 1. The number of nitrogens with zero attached hydrogens (tertiary/aromatic N) is 1. The van der Waals surface area contributed by atoms with Gasteiger partial charge in [-0.05, 0) is 41.3 Å². The van der Waals surface area contributed by atoms with Crippen LogP contribution in [0.2, 0.25) is 0 Å². The third-order valence-corrected chi connectivity index (χ3v) is 3.12. The summed E-state index contributed by atoms with van der Waals surface area (Å²) in [5.41, 5.74) is 2.36. The van der Waals surface area contributed by atoms with E-state index in [4.69, 9.17) is 15.1 Å². The highest BCUT2D eigenvalue weighted by molar-refractivity contribution is 5.47. The van der Waals surface area contributed by atoms with Gasteiger partial charge in [0.2, 0.25) is 0 Å². The number of rotatable bonds is 4. The predicted molar refractivity (Wildman–Crippen MR) is 77.7 cm³/mol. The largest absolute Gasteiger partial charge is 0.456 e. The van der Waals surface area contributed by atoms with Crippen LogP contribution in [0.25, 0.3) is 0 Å². The van der Waals surface area contributed by atoms with Gasteiger partial charge in [0.05, 0.1) is 12.2 Å². The Morgan fingerprint density at radius 3 is 2.40 bits per heavy atom. The van der Waals surface area contributed by atoms with Crippen LogP contribution in [-0.4, -0.2) is 5.11 Å². The lowest BCUT2D eigenvalue weighted by Gasteiger charge is -2.10. The van der Waals surface area contributed by atoms with Gasteiger partial charge in [0.15, 0.2) is 0 Å². The van der Waals surface area contributed by atoms with Crippen LogP contribution in [0.4, 0.5) is 0 Å². The number of hydrogen-bond acceptors (Lipinski definition) is 3. The Bertz CT molecular complexity index is 624. The molecule has 2 aromatic carbocycles. The lowest BCUT2D eigenvalue weighted by Crippen LogP contribution is -1.92. The van der Waals surface area contributed by atoms with Crippen LogP contribution < -0.4 is 4.74 Å². The van der Waals surface area contributed by atoms with Crippen molar-refractivity contribution in [1.29, 1.82) is 5.26 Å². The van der Waals surface area contributed by atoms with E-state index in [2.05, 4.69) is 19.9 Å². The Morgan fingerprint density at radius 2 is 1.85 bits per heavy atom. The van der Waals surface area contributed by atoms with E-state index < -0.39 is 0 Å². The molecule has 102 valence electrons. The van der Waals surface area contributed by atoms with E-state index in [-0.39, 0.29) is 6.61 Å². The third-order valence-electron chi connectivity index (χ3n) is 3.12. The summed E-state index contributed by atoms with van der Waals surface area (Å²) in [6, 6.07) is 15.0. The average Bonchev–Trinajstić information content (AvgIpc) is 2.48.